The van der Waals surface area contributed by atoms with E-state index < -0.39 is 5.97 Å². The van der Waals surface area contributed by atoms with Crippen LogP contribution >= 0.6 is 0 Å². The molecule has 1 saturated carbocycles. The molecule has 1 aromatic rings. The van der Waals surface area contributed by atoms with Crippen molar-refractivity contribution < 1.29 is 9.90 Å². The largest absolute Gasteiger partial charge is 0.478 e. The van der Waals surface area contributed by atoms with Crippen LogP contribution in [0.1, 0.15) is 36.0 Å². The van der Waals surface area contributed by atoms with Crippen LogP contribution in [0.5, 0.6) is 0 Å². The van der Waals surface area contributed by atoms with E-state index in [-0.39, 0.29) is 0 Å². The van der Waals surface area contributed by atoms with Crippen LogP contribution in [0.3, 0.4) is 0 Å². The Morgan fingerprint density at radius 3 is 2.84 bits per heavy atom. The fourth-order valence-corrected chi connectivity index (χ4v) is 2.67. The van der Waals surface area contributed by atoms with Crippen molar-refractivity contribution in [1.29, 1.82) is 0 Å². The zero-order valence-corrected chi connectivity index (χ0v) is 11.4. The molecule has 0 atom stereocenters. The number of hydrogen-bond acceptors (Lipinski definition) is 3. The third-order valence-corrected chi connectivity index (χ3v) is 3.85. The second kappa shape index (κ2) is 6.57. The zero-order valence-electron chi connectivity index (χ0n) is 11.4. The van der Waals surface area contributed by atoms with Crippen molar-refractivity contribution in [3.63, 3.8) is 0 Å². The third-order valence-electron chi connectivity index (χ3n) is 3.85. The molecule has 0 spiro atoms. The van der Waals surface area contributed by atoms with Crippen LogP contribution in [0.2, 0.25) is 0 Å². The predicted octanol–water partition coefficient (Wildman–Crippen LogP) is 2.67. The molecular formula is C15H22N2O2. The number of aromatic carboxylic acids is 1. The van der Waals surface area contributed by atoms with Gasteiger partial charge in [-0.05, 0) is 38.1 Å². The van der Waals surface area contributed by atoms with E-state index >= 15 is 0 Å². The van der Waals surface area contributed by atoms with Gasteiger partial charge in [0.2, 0.25) is 0 Å². The summed E-state index contributed by atoms with van der Waals surface area (Å²) >= 11 is 0. The Morgan fingerprint density at radius 2 is 2.16 bits per heavy atom. The molecule has 2 rings (SSSR count). The van der Waals surface area contributed by atoms with Gasteiger partial charge >= 0.3 is 5.97 Å². The van der Waals surface area contributed by atoms with E-state index in [9.17, 15) is 4.79 Å². The van der Waals surface area contributed by atoms with Crippen LogP contribution in [-0.4, -0.2) is 42.2 Å². The molecule has 1 fully saturated rings. The number of likely N-dealkylation sites (N-methyl/N-ethyl adjacent to an activating group) is 1. The van der Waals surface area contributed by atoms with Crippen molar-refractivity contribution in [1.82, 2.24) is 4.90 Å². The fraction of sp³-hybridized carbons (Fsp3) is 0.533. The molecule has 0 unspecified atom stereocenters. The Morgan fingerprint density at radius 1 is 1.42 bits per heavy atom. The van der Waals surface area contributed by atoms with Gasteiger partial charge in [0.05, 0.1) is 5.56 Å². The molecule has 0 radical (unpaired) electrons. The van der Waals surface area contributed by atoms with E-state index in [1.54, 1.807) is 18.2 Å². The Hall–Kier alpha value is -1.55. The lowest BCUT2D eigenvalue weighted by atomic mass is 10.2. The number of hydrogen-bond donors (Lipinski definition) is 2. The normalized spacial score (nSPS) is 15.9. The van der Waals surface area contributed by atoms with Crippen molar-refractivity contribution >= 4 is 11.7 Å². The molecule has 0 amide bonds. The summed E-state index contributed by atoms with van der Waals surface area (Å²) in [5.41, 5.74) is 1.20. The molecule has 4 nitrogen and oxygen atoms in total. The van der Waals surface area contributed by atoms with Crippen LogP contribution in [-0.2, 0) is 0 Å². The number of benzene rings is 1. The number of nitrogens with one attached hydrogen (secondary N) is 1. The molecule has 0 heterocycles. The van der Waals surface area contributed by atoms with E-state index in [1.807, 2.05) is 6.07 Å². The van der Waals surface area contributed by atoms with Crippen LogP contribution in [0.15, 0.2) is 24.3 Å². The molecule has 0 aromatic heterocycles. The predicted molar refractivity (Wildman–Crippen MR) is 76.8 cm³/mol. The standard InChI is InChI=1S/C15H22N2O2/c1-17(14-7-2-3-8-14)10-9-16-13-6-4-5-12(11-13)15(18)19/h4-6,11,14,16H,2-3,7-10H2,1H3,(H,18,19). The Labute approximate surface area is 114 Å². The van der Waals surface area contributed by atoms with Gasteiger partial charge in [-0.3, -0.25) is 0 Å². The number of anilines is 1. The van der Waals surface area contributed by atoms with Crippen molar-refractivity contribution in [2.75, 3.05) is 25.5 Å². The van der Waals surface area contributed by atoms with Crippen molar-refractivity contribution in [2.24, 2.45) is 0 Å². The summed E-state index contributed by atoms with van der Waals surface area (Å²) in [6.07, 6.45) is 5.32. The molecule has 104 valence electrons. The van der Waals surface area contributed by atoms with Crippen LogP contribution in [0.4, 0.5) is 5.69 Å². The highest BCUT2D eigenvalue weighted by Gasteiger charge is 2.18. The van der Waals surface area contributed by atoms with Gasteiger partial charge in [-0.2, -0.15) is 0 Å². The maximum absolute atomic E-state index is 10.9. The van der Waals surface area contributed by atoms with E-state index in [4.69, 9.17) is 5.11 Å². The average Bonchev–Trinajstić information content (AvgIpc) is 2.93. The first kappa shape index (κ1) is 13.9. The Bertz CT molecular complexity index is 428. The van der Waals surface area contributed by atoms with Crippen molar-refractivity contribution in [3.05, 3.63) is 29.8 Å². The van der Waals surface area contributed by atoms with E-state index in [0.29, 0.717) is 5.56 Å². The van der Waals surface area contributed by atoms with Gasteiger partial charge in [-0.1, -0.05) is 18.9 Å². The first-order valence-corrected chi connectivity index (χ1v) is 6.94. The smallest absolute Gasteiger partial charge is 0.335 e. The van der Waals surface area contributed by atoms with Crippen molar-refractivity contribution in [3.8, 4) is 0 Å². The minimum Gasteiger partial charge on any atom is -0.478 e. The lowest BCUT2D eigenvalue weighted by molar-refractivity contribution is 0.0697. The van der Waals surface area contributed by atoms with Gasteiger partial charge in [0.25, 0.3) is 0 Å². The number of nitrogens with zero attached hydrogens (tertiary/aromatic N) is 1. The number of carbonyl (C=O) groups is 1. The van der Waals surface area contributed by atoms with E-state index in [0.717, 1.165) is 24.8 Å². The molecule has 4 heteroatoms. The second-order valence-electron chi connectivity index (χ2n) is 5.23. The topological polar surface area (TPSA) is 52.6 Å². The highest BCUT2D eigenvalue weighted by molar-refractivity contribution is 5.88. The first-order valence-electron chi connectivity index (χ1n) is 6.94. The van der Waals surface area contributed by atoms with Crippen LogP contribution in [0, 0.1) is 0 Å². The fourth-order valence-electron chi connectivity index (χ4n) is 2.67. The maximum atomic E-state index is 10.9. The lowest BCUT2D eigenvalue weighted by Gasteiger charge is -2.24. The maximum Gasteiger partial charge on any atom is 0.335 e. The van der Waals surface area contributed by atoms with Gasteiger partial charge in [-0.25, -0.2) is 4.79 Å². The molecule has 0 saturated heterocycles. The molecule has 0 aliphatic heterocycles. The minimum atomic E-state index is -0.883. The highest BCUT2D eigenvalue weighted by atomic mass is 16.4. The first-order chi connectivity index (χ1) is 9.16. The number of carboxylic acids is 1. The summed E-state index contributed by atoms with van der Waals surface area (Å²) in [6.45, 7) is 1.83. The van der Waals surface area contributed by atoms with E-state index in [2.05, 4.69) is 17.3 Å². The summed E-state index contributed by atoms with van der Waals surface area (Å²) in [4.78, 5) is 13.3. The summed E-state index contributed by atoms with van der Waals surface area (Å²) in [5, 5.41) is 12.2. The van der Waals surface area contributed by atoms with Gasteiger partial charge in [0.15, 0.2) is 0 Å². The highest BCUT2D eigenvalue weighted by Crippen LogP contribution is 2.22. The zero-order chi connectivity index (χ0) is 13.7. The Kier molecular flexibility index (Phi) is 4.80. The van der Waals surface area contributed by atoms with Gasteiger partial charge < -0.3 is 15.3 Å². The summed E-state index contributed by atoms with van der Waals surface area (Å²) in [7, 11) is 2.17. The molecule has 19 heavy (non-hydrogen) atoms. The molecule has 2 N–H and O–H groups in total. The molecule has 1 aliphatic carbocycles. The molecule has 0 bridgehead atoms. The molecule has 1 aromatic carbocycles. The number of carboxylic acid groups (broad SMARTS) is 1. The van der Waals surface area contributed by atoms with Gasteiger partial charge in [-0.15, -0.1) is 0 Å². The van der Waals surface area contributed by atoms with Gasteiger partial charge in [0.1, 0.15) is 0 Å². The molecular weight excluding hydrogens is 240 g/mol. The summed E-state index contributed by atoms with van der Waals surface area (Å²) in [6, 6.07) is 7.69. The van der Waals surface area contributed by atoms with Crippen molar-refractivity contribution in [2.45, 2.75) is 31.7 Å². The summed E-state index contributed by atoms with van der Waals surface area (Å²) < 4.78 is 0. The quantitative estimate of drug-likeness (QED) is 0.827. The third kappa shape index (κ3) is 3.96. The summed E-state index contributed by atoms with van der Waals surface area (Å²) in [5.74, 6) is -0.883. The second-order valence-corrected chi connectivity index (χ2v) is 5.23. The molecule has 1 aliphatic rings. The van der Waals surface area contributed by atoms with Crippen LogP contribution < -0.4 is 5.32 Å². The average molecular weight is 262 g/mol. The van der Waals surface area contributed by atoms with Crippen LogP contribution in [0.25, 0.3) is 0 Å². The van der Waals surface area contributed by atoms with Gasteiger partial charge in [0, 0.05) is 24.8 Å². The minimum absolute atomic E-state index is 0.328. The van der Waals surface area contributed by atoms with E-state index in [1.165, 1.54) is 25.7 Å². The lowest BCUT2D eigenvalue weighted by Crippen LogP contribution is -2.33. The number of rotatable bonds is 6. The monoisotopic (exact) mass is 262 g/mol. The Balaban J connectivity index is 1.78. The SMILES string of the molecule is CN(CCNc1cccc(C(=O)O)c1)C1CCCC1.